The van der Waals surface area contributed by atoms with Gasteiger partial charge < -0.3 is 20.4 Å². The van der Waals surface area contributed by atoms with E-state index in [1.165, 1.54) is 0 Å². The van der Waals surface area contributed by atoms with Crippen LogP contribution < -0.4 is 11.1 Å². The minimum Gasteiger partial charge on any atom is -0.454 e. The van der Waals surface area contributed by atoms with Gasteiger partial charge in [-0.05, 0) is 25.0 Å². The average Bonchev–Trinajstić information content (AvgIpc) is 3.00. The van der Waals surface area contributed by atoms with Crippen molar-refractivity contribution in [1.29, 1.82) is 0 Å². The fourth-order valence-electron chi connectivity index (χ4n) is 2.45. The zero-order chi connectivity index (χ0) is 16.8. The Labute approximate surface area is 165 Å². The SMILES string of the molecule is CCNC(=NCc1ccc(C(N)=O)o1)N1CCSC(C(C)C)C1.I. The number of guanidine groups is 1. The lowest BCUT2D eigenvalue weighted by molar-refractivity contribution is 0.0972. The first kappa shape index (κ1) is 21.1. The summed E-state index contributed by atoms with van der Waals surface area (Å²) in [4.78, 5) is 18.0. The van der Waals surface area contributed by atoms with Gasteiger partial charge in [0.25, 0.3) is 5.91 Å². The standard InChI is InChI=1S/C16H26N4O2S.HI/c1-4-18-16(20-7-8-23-14(10-20)11(2)3)19-9-12-5-6-13(22-12)15(17)21;/h5-6,11,14H,4,7-10H2,1-3H3,(H2,17,21)(H,18,19);1H. The number of nitrogens with one attached hydrogen (secondary N) is 1. The fourth-order valence-corrected chi connectivity index (χ4v) is 3.74. The van der Waals surface area contributed by atoms with Gasteiger partial charge in [-0.15, -0.1) is 24.0 Å². The minimum atomic E-state index is -0.556. The topological polar surface area (TPSA) is 83.9 Å². The van der Waals surface area contributed by atoms with E-state index in [1.54, 1.807) is 12.1 Å². The first-order valence-electron chi connectivity index (χ1n) is 8.04. The Bertz CT molecular complexity index is 562. The highest BCUT2D eigenvalue weighted by Gasteiger charge is 2.24. The molecule has 3 N–H and O–H groups in total. The average molecular weight is 466 g/mol. The number of carbonyl (C=O) groups is 1. The summed E-state index contributed by atoms with van der Waals surface area (Å²) >= 11 is 2.04. The summed E-state index contributed by atoms with van der Waals surface area (Å²) in [6.07, 6.45) is 0. The van der Waals surface area contributed by atoms with Gasteiger partial charge in [0, 0.05) is 30.6 Å². The van der Waals surface area contributed by atoms with E-state index in [0.29, 0.717) is 23.5 Å². The van der Waals surface area contributed by atoms with Crippen LogP contribution in [0.5, 0.6) is 0 Å². The Morgan fingerprint density at radius 3 is 2.88 bits per heavy atom. The Hall–Kier alpha value is -0.900. The van der Waals surface area contributed by atoms with Gasteiger partial charge in [0.1, 0.15) is 12.3 Å². The summed E-state index contributed by atoms with van der Waals surface area (Å²) in [5, 5.41) is 3.97. The van der Waals surface area contributed by atoms with E-state index in [4.69, 9.17) is 10.2 Å². The third-order valence-corrected chi connectivity index (χ3v) is 5.30. The van der Waals surface area contributed by atoms with Crippen molar-refractivity contribution in [3.05, 3.63) is 23.7 Å². The molecule has 0 bridgehead atoms. The number of thioether (sulfide) groups is 1. The molecule has 0 saturated carbocycles. The van der Waals surface area contributed by atoms with Crippen molar-refractivity contribution in [3.63, 3.8) is 0 Å². The van der Waals surface area contributed by atoms with Gasteiger partial charge in [0.05, 0.1) is 0 Å². The molecule has 1 atom stereocenters. The number of hydrogen-bond donors (Lipinski definition) is 2. The summed E-state index contributed by atoms with van der Waals surface area (Å²) in [6, 6.07) is 3.34. The molecule has 1 aliphatic heterocycles. The molecule has 8 heteroatoms. The molecule has 2 rings (SSSR count). The first-order chi connectivity index (χ1) is 11.0. The number of amides is 1. The Kier molecular flexibility index (Phi) is 8.96. The second-order valence-electron chi connectivity index (χ2n) is 5.90. The van der Waals surface area contributed by atoms with Crippen molar-refractivity contribution in [2.75, 3.05) is 25.4 Å². The van der Waals surface area contributed by atoms with Crippen LogP contribution in [0.3, 0.4) is 0 Å². The van der Waals surface area contributed by atoms with E-state index < -0.39 is 5.91 Å². The molecule has 1 saturated heterocycles. The van der Waals surface area contributed by atoms with Crippen LogP contribution in [0.25, 0.3) is 0 Å². The van der Waals surface area contributed by atoms with Crippen molar-refractivity contribution < 1.29 is 9.21 Å². The second-order valence-corrected chi connectivity index (χ2v) is 7.25. The summed E-state index contributed by atoms with van der Waals surface area (Å²) in [6.45, 7) is 9.79. The van der Waals surface area contributed by atoms with Crippen LogP contribution in [-0.4, -0.2) is 47.4 Å². The van der Waals surface area contributed by atoms with Crippen LogP contribution in [0, 0.1) is 5.92 Å². The lowest BCUT2D eigenvalue weighted by atomic mass is 10.1. The molecule has 0 spiro atoms. The lowest BCUT2D eigenvalue weighted by Gasteiger charge is -2.36. The monoisotopic (exact) mass is 466 g/mol. The Morgan fingerprint density at radius 2 is 2.29 bits per heavy atom. The maximum atomic E-state index is 11.1. The van der Waals surface area contributed by atoms with Gasteiger partial charge in [-0.25, -0.2) is 4.99 Å². The van der Waals surface area contributed by atoms with Gasteiger partial charge >= 0.3 is 0 Å². The quantitative estimate of drug-likeness (QED) is 0.396. The zero-order valence-corrected chi connectivity index (χ0v) is 17.6. The normalized spacial score (nSPS) is 18.4. The molecule has 1 amide bonds. The second kappa shape index (κ2) is 10.2. The molecule has 24 heavy (non-hydrogen) atoms. The number of aliphatic imine (C=N–C) groups is 1. The highest BCUT2D eigenvalue weighted by molar-refractivity contribution is 14.0. The number of nitrogens with two attached hydrogens (primary N) is 1. The molecule has 2 heterocycles. The minimum absolute atomic E-state index is 0. The van der Waals surface area contributed by atoms with Crippen LogP contribution in [-0.2, 0) is 6.54 Å². The molecule has 0 radical (unpaired) electrons. The van der Waals surface area contributed by atoms with Gasteiger partial charge in [0.15, 0.2) is 11.7 Å². The van der Waals surface area contributed by atoms with Crippen molar-refractivity contribution in [2.24, 2.45) is 16.6 Å². The first-order valence-corrected chi connectivity index (χ1v) is 9.09. The maximum Gasteiger partial charge on any atom is 0.284 e. The number of rotatable bonds is 5. The summed E-state index contributed by atoms with van der Waals surface area (Å²) in [7, 11) is 0. The number of halogens is 1. The molecule has 0 aromatic carbocycles. The van der Waals surface area contributed by atoms with Gasteiger partial charge in [-0.3, -0.25) is 4.79 Å². The molecule has 0 aliphatic carbocycles. The van der Waals surface area contributed by atoms with E-state index >= 15 is 0 Å². The molecule has 6 nitrogen and oxygen atoms in total. The van der Waals surface area contributed by atoms with Crippen molar-refractivity contribution in [1.82, 2.24) is 10.2 Å². The van der Waals surface area contributed by atoms with Crippen LogP contribution in [0.4, 0.5) is 0 Å². The number of carbonyl (C=O) groups excluding carboxylic acids is 1. The Morgan fingerprint density at radius 1 is 1.54 bits per heavy atom. The molecular formula is C16H27IN4O2S. The predicted molar refractivity (Wildman–Crippen MR) is 110 cm³/mol. The third-order valence-electron chi connectivity index (χ3n) is 3.76. The van der Waals surface area contributed by atoms with Gasteiger partial charge in [-0.1, -0.05) is 13.8 Å². The van der Waals surface area contributed by atoms with Crippen LogP contribution in [0.15, 0.2) is 21.5 Å². The van der Waals surface area contributed by atoms with Gasteiger partial charge in [-0.2, -0.15) is 11.8 Å². The summed E-state index contributed by atoms with van der Waals surface area (Å²) in [5.74, 6) is 2.92. The van der Waals surface area contributed by atoms with Crippen LogP contribution >= 0.6 is 35.7 Å². The Balaban J connectivity index is 0.00000288. The number of furan rings is 1. The largest absolute Gasteiger partial charge is 0.454 e. The highest BCUT2D eigenvalue weighted by Crippen LogP contribution is 2.25. The molecule has 1 fully saturated rings. The van der Waals surface area contributed by atoms with Gasteiger partial charge in [0.2, 0.25) is 0 Å². The number of primary amides is 1. The van der Waals surface area contributed by atoms with Crippen LogP contribution in [0.2, 0.25) is 0 Å². The highest BCUT2D eigenvalue weighted by atomic mass is 127. The van der Waals surface area contributed by atoms with Crippen molar-refractivity contribution >= 4 is 47.6 Å². The molecule has 136 valence electrons. The molecule has 1 aliphatic rings. The van der Waals surface area contributed by atoms with E-state index in [2.05, 4.69) is 36.0 Å². The van der Waals surface area contributed by atoms with E-state index in [-0.39, 0.29) is 29.7 Å². The van der Waals surface area contributed by atoms with E-state index in [0.717, 1.165) is 31.3 Å². The summed E-state index contributed by atoms with van der Waals surface area (Å²) in [5.41, 5.74) is 5.20. The van der Waals surface area contributed by atoms with Crippen LogP contribution in [0.1, 0.15) is 37.1 Å². The summed E-state index contributed by atoms with van der Waals surface area (Å²) < 4.78 is 5.39. The fraction of sp³-hybridized carbons (Fsp3) is 0.625. The van der Waals surface area contributed by atoms with E-state index in [1.807, 2.05) is 11.8 Å². The molecule has 1 aromatic rings. The van der Waals surface area contributed by atoms with Crippen molar-refractivity contribution in [2.45, 2.75) is 32.6 Å². The molecule has 1 aromatic heterocycles. The number of nitrogens with zero attached hydrogens (tertiary/aromatic N) is 2. The third kappa shape index (κ3) is 5.87. The maximum absolute atomic E-state index is 11.1. The van der Waals surface area contributed by atoms with E-state index in [9.17, 15) is 4.79 Å². The lowest BCUT2D eigenvalue weighted by Crippen LogP contribution is -2.49. The smallest absolute Gasteiger partial charge is 0.284 e. The molecular weight excluding hydrogens is 439 g/mol. The number of hydrogen-bond acceptors (Lipinski definition) is 4. The zero-order valence-electron chi connectivity index (χ0n) is 14.4. The van der Waals surface area contributed by atoms with Crippen molar-refractivity contribution in [3.8, 4) is 0 Å². The predicted octanol–water partition coefficient (Wildman–Crippen LogP) is 2.54. The molecule has 1 unspecified atom stereocenters.